The zero-order valence-corrected chi connectivity index (χ0v) is 18.8. The Kier molecular flexibility index (Phi) is 4.88. The molecule has 3 N–H and O–H groups in total. The van der Waals surface area contributed by atoms with Crippen LogP contribution in [0.5, 0.6) is 28.9 Å². The summed E-state index contributed by atoms with van der Waals surface area (Å²) in [6.45, 7) is 0. The highest BCUT2D eigenvalue weighted by Crippen LogP contribution is 2.52. The molecular weight excluding hydrogens is 442 g/mol. The van der Waals surface area contributed by atoms with E-state index in [9.17, 15) is 10.2 Å². The second-order valence-electron chi connectivity index (χ2n) is 8.28. The Labute approximate surface area is 201 Å². The van der Waals surface area contributed by atoms with Gasteiger partial charge >= 0.3 is 0 Å². The molecule has 0 saturated heterocycles. The molecule has 0 aliphatic carbocycles. The van der Waals surface area contributed by atoms with Gasteiger partial charge in [-0.1, -0.05) is 36.4 Å². The van der Waals surface area contributed by atoms with E-state index in [2.05, 4.69) is 27.4 Å². The molecule has 7 heteroatoms. The lowest BCUT2D eigenvalue weighted by molar-refractivity contribution is 0.402. The van der Waals surface area contributed by atoms with Gasteiger partial charge in [0, 0.05) is 17.2 Å². The number of phenols is 2. The monoisotopic (exact) mass is 463 g/mol. The average molecular weight is 463 g/mol. The van der Waals surface area contributed by atoms with Crippen LogP contribution in [-0.4, -0.2) is 27.3 Å². The summed E-state index contributed by atoms with van der Waals surface area (Å²) in [6, 6.07) is 24.4. The van der Waals surface area contributed by atoms with E-state index in [0.29, 0.717) is 17.4 Å². The van der Waals surface area contributed by atoms with Crippen molar-refractivity contribution in [1.82, 2.24) is 9.97 Å². The van der Waals surface area contributed by atoms with Crippen molar-refractivity contribution in [2.24, 2.45) is 0 Å². The molecule has 1 atom stereocenters. The molecule has 5 aromatic rings. The van der Waals surface area contributed by atoms with Crippen molar-refractivity contribution in [2.75, 3.05) is 12.4 Å². The van der Waals surface area contributed by atoms with Crippen LogP contribution < -0.4 is 14.8 Å². The van der Waals surface area contributed by atoms with Gasteiger partial charge in [-0.15, -0.1) is 0 Å². The van der Waals surface area contributed by atoms with Crippen molar-refractivity contribution in [3.8, 4) is 28.9 Å². The lowest BCUT2D eigenvalue weighted by Gasteiger charge is -2.30. The molecule has 1 aliphatic rings. The Morgan fingerprint density at radius 3 is 2.49 bits per heavy atom. The third-order valence-electron chi connectivity index (χ3n) is 6.25. The summed E-state index contributed by atoms with van der Waals surface area (Å²) in [5.41, 5.74) is 3.27. The predicted octanol–water partition coefficient (Wildman–Crippen LogP) is 6.08. The van der Waals surface area contributed by atoms with Gasteiger partial charge in [0.25, 0.3) is 0 Å². The molecule has 0 fully saturated rings. The van der Waals surface area contributed by atoms with E-state index in [0.717, 1.165) is 38.9 Å². The number of methoxy groups -OCH3 is 1. The summed E-state index contributed by atoms with van der Waals surface area (Å²) in [4.78, 5) is 8.99. The minimum absolute atomic E-state index is 0.180. The molecule has 0 radical (unpaired) electrons. The fraction of sp³-hybridized carbons (Fsp3) is 0.0714. The lowest BCUT2D eigenvalue weighted by atomic mass is 9.81. The van der Waals surface area contributed by atoms with Gasteiger partial charge in [-0.05, 0) is 58.8 Å². The number of aromatic hydroxyl groups is 2. The summed E-state index contributed by atoms with van der Waals surface area (Å²) >= 11 is 0. The number of hydrogen-bond donors (Lipinski definition) is 3. The van der Waals surface area contributed by atoms with Crippen molar-refractivity contribution < 1.29 is 19.7 Å². The second kappa shape index (κ2) is 8.22. The molecule has 2 heterocycles. The van der Waals surface area contributed by atoms with Gasteiger partial charge in [-0.2, -0.15) is 0 Å². The van der Waals surface area contributed by atoms with Crippen LogP contribution in [0.15, 0.2) is 85.2 Å². The summed E-state index contributed by atoms with van der Waals surface area (Å²) in [5, 5.41) is 25.8. The van der Waals surface area contributed by atoms with E-state index < -0.39 is 0 Å². The van der Waals surface area contributed by atoms with Gasteiger partial charge in [0.2, 0.25) is 5.88 Å². The maximum Gasteiger partial charge on any atom is 0.228 e. The number of nitrogens with one attached hydrogen (secondary N) is 1. The zero-order valence-electron chi connectivity index (χ0n) is 18.8. The van der Waals surface area contributed by atoms with E-state index in [1.165, 1.54) is 12.4 Å². The number of anilines is 2. The van der Waals surface area contributed by atoms with Gasteiger partial charge < -0.3 is 25.0 Å². The molecule has 0 amide bonds. The molecule has 0 saturated carbocycles. The van der Waals surface area contributed by atoms with Crippen molar-refractivity contribution in [1.29, 1.82) is 0 Å². The van der Waals surface area contributed by atoms with Gasteiger partial charge in [0.15, 0.2) is 11.5 Å². The molecule has 1 unspecified atom stereocenters. The molecule has 1 aromatic heterocycles. The van der Waals surface area contributed by atoms with Gasteiger partial charge in [-0.25, -0.2) is 9.97 Å². The number of phenolic OH excluding ortho intramolecular Hbond substituents is 2. The van der Waals surface area contributed by atoms with E-state index in [-0.39, 0.29) is 17.4 Å². The molecule has 7 nitrogen and oxygen atoms in total. The molecule has 0 bridgehead atoms. The number of ether oxygens (including phenoxy) is 2. The van der Waals surface area contributed by atoms with Crippen molar-refractivity contribution in [2.45, 2.75) is 5.92 Å². The van der Waals surface area contributed by atoms with Crippen LogP contribution in [-0.2, 0) is 0 Å². The second-order valence-corrected chi connectivity index (χ2v) is 8.28. The standard InChI is InChI=1S/C28H21N3O4/c1-34-19-10-8-18(9-11-19)31-27-26-24(17-6-12-21(32)22(33)14-17)25-20-5-3-2-4-16(20)7-13-23(25)35-28(26)30-15-29-27/h2-15,24,32-33H,1H3,(H,29,30,31). The SMILES string of the molecule is COc1ccc(Nc2ncnc3c2C(c2ccc(O)c(O)c2)c2c(ccc4ccccc24)O3)cc1. The smallest absolute Gasteiger partial charge is 0.228 e. The molecular formula is C28H21N3O4. The third kappa shape index (κ3) is 3.54. The summed E-state index contributed by atoms with van der Waals surface area (Å²) < 4.78 is 11.6. The maximum atomic E-state index is 10.4. The Balaban J connectivity index is 1.58. The van der Waals surface area contributed by atoms with Crippen molar-refractivity contribution in [3.63, 3.8) is 0 Å². The number of hydrogen-bond acceptors (Lipinski definition) is 7. The van der Waals surface area contributed by atoms with Gasteiger partial charge in [0.1, 0.15) is 23.6 Å². The Morgan fingerprint density at radius 1 is 0.857 bits per heavy atom. The fourth-order valence-corrected chi connectivity index (χ4v) is 4.60. The third-order valence-corrected chi connectivity index (χ3v) is 6.25. The summed E-state index contributed by atoms with van der Waals surface area (Å²) in [6.07, 6.45) is 1.46. The first-order valence-corrected chi connectivity index (χ1v) is 11.1. The molecule has 4 aromatic carbocycles. The van der Waals surface area contributed by atoms with Crippen LogP contribution in [0.3, 0.4) is 0 Å². The number of aromatic nitrogens is 2. The summed E-state index contributed by atoms with van der Waals surface area (Å²) in [7, 11) is 1.63. The first-order valence-electron chi connectivity index (χ1n) is 11.1. The van der Waals surface area contributed by atoms with Crippen LogP contribution >= 0.6 is 0 Å². The number of fused-ring (bicyclic) bond motifs is 4. The molecule has 0 spiro atoms. The van der Waals surface area contributed by atoms with Crippen LogP contribution in [0, 0.1) is 0 Å². The van der Waals surface area contributed by atoms with Crippen molar-refractivity contribution in [3.05, 3.63) is 102 Å². The van der Waals surface area contributed by atoms with Gasteiger partial charge in [-0.3, -0.25) is 0 Å². The van der Waals surface area contributed by atoms with Crippen LogP contribution in [0.25, 0.3) is 10.8 Å². The Morgan fingerprint density at radius 2 is 1.69 bits per heavy atom. The minimum Gasteiger partial charge on any atom is -0.504 e. The quantitative estimate of drug-likeness (QED) is 0.273. The van der Waals surface area contributed by atoms with E-state index in [1.807, 2.05) is 48.5 Å². The van der Waals surface area contributed by atoms with Crippen LogP contribution in [0.4, 0.5) is 11.5 Å². The highest BCUT2D eigenvalue weighted by Gasteiger charge is 2.34. The van der Waals surface area contributed by atoms with Crippen LogP contribution in [0.2, 0.25) is 0 Å². The number of rotatable bonds is 4. The largest absolute Gasteiger partial charge is 0.504 e. The molecule has 6 rings (SSSR count). The molecule has 35 heavy (non-hydrogen) atoms. The zero-order chi connectivity index (χ0) is 23.9. The number of nitrogens with zero attached hydrogens (tertiary/aromatic N) is 2. The van der Waals surface area contributed by atoms with Crippen molar-refractivity contribution >= 4 is 22.3 Å². The number of benzene rings is 4. The topological polar surface area (TPSA) is 96.7 Å². The Hall–Kier alpha value is -4.78. The summed E-state index contributed by atoms with van der Waals surface area (Å²) in [5.74, 6) is 1.70. The highest BCUT2D eigenvalue weighted by molar-refractivity contribution is 5.91. The first-order chi connectivity index (χ1) is 17.1. The Bertz CT molecular complexity index is 1570. The first kappa shape index (κ1) is 20.8. The lowest BCUT2D eigenvalue weighted by Crippen LogP contribution is -2.16. The predicted molar refractivity (Wildman–Crippen MR) is 133 cm³/mol. The molecule has 172 valence electrons. The maximum absolute atomic E-state index is 10.4. The van der Waals surface area contributed by atoms with E-state index in [1.54, 1.807) is 19.2 Å². The van der Waals surface area contributed by atoms with E-state index in [4.69, 9.17) is 9.47 Å². The van der Waals surface area contributed by atoms with Gasteiger partial charge in [0.05, 0.1) is 12.7 Å². The fourth-order valence-electron chi connectivity index (χ4n) is 4.60. The average Bonchev–Trinajstić information content (AvgIpc) is 2.89. The van der Waals surface area contributed by atoms with Crippen LogP contribution in [0.1, 0.15) is 22.6 Å². The minimum atomic E-state index is -0.367. The van der Waals surface area contributed by atoms with E-state index >= 15 is 0 Å². The highest BCUT2D eigenvalue weighted by atomic mass is 16.5. The molecule has 1 aliphatic heterocycles. The normalized spacial score (nSPS) is 14.0.